The van der Waals surface area contributed by atoms with Gasteiger partial charge in [-0.2, -0.15) is 0 Å². The molecule has 0 heterocycles. The number of hydrogen-bond acceptors (Lipinski definition) is 3. The molecule has 0 bridgehead atoms. The number of methoxy groups -OCH3 is 1. The van der Waals surface area contributed by atoms with Gasteiger partial charge >= 0.3 is 0 Å². The average molecular weight is 235 g/mol. The standard InChI is InChI=1S/C10H15NO.C4H6O/c1-3-11-8-9-4-6-10(12-2)7-5-9;1-2-3-4-5/h4-7,11H,3,8H2,1-2H3;5H,2H2,1H3. The number of hydrogen-bond donors (Lipinski definition) is 2. The molecule has 0 atom stereocenters. The molecular weight excluding hydrogens is 214 g/mol. The number of ether oxygens (including phenoxy) is 1. The fourth-order valence-electron chi connectivity index (χ4n) is 1.09. The molecule has 1 rings (SSSR count). The predicted molar refractivity (Wildman–Crippen MR) is 70.4 cm³/mol. The number of benzene rings is 1. The largest absolute Gasteiger partial charge is 0.497 e. The Balaban J connectivity index is 0.000000437. The highest BCUT2D eigenvalue weighted by Gasteiger charge is 1.91. The summed E-state index contributed by atoms with van der Waals surface area (Å²) in [5.41, 5.74) is 1.29. The van der Waals surface area contributed by atoms with E-state index in [4.69, 9.17) is 9.84 Å². The minimum absolute atomic E-state index is 0.733. The van der Waals surface area contributed by atoms with Gasteiger partial charge in [0.2, 0.25) is 0 Å². The van der Waals surface area contributed by atoms with Crippen molar-refractivity contribution < 1.29 is 9.84 Å². The van der Waals surface area contributed by atoms with Crippen molar-refractivity contribution >= 4 is 0 Å². The maximum Gasteiger partial charge on any atom is 0.118 e. The Morgan fingerprint density at radius 1 is 1.24 bits per heavy atom. The van der Waals surface area contributed by atoms with Gasteiger partial charge < -0.3 is 15.2 Å². The Hall–Kier alpha value is -1.66. The van der Waals surface area contributed by atoms with Gasteiger partial charge in [-0.1, -0.05) is 31.9 Å². The predicted octanol–water partition coefficient (Wildman–Crippen LogP) is 2.53. The molecule has 3 heteroatoms. The van der Waals surface area contributed by atoms with Gasteiger partial charge in [0.25, 0.3) is 0 Å². The molecule has 0 radical (unpaired) electrons. The van der Waals surface area contributed by atoms with Crippen molar-refractivity contribution in [1.82, 2.24) is 5.32 Å². The molecule has 0 saturated carbocycles. The van der Waals surface area contributed by atoms with Gasteiger partial charge in [0, 0.05) is 13.0 Å². The molecule has 0 aliphatic carbocycles. The van der Waals surface area contributed by atoms with Crippen LogP contribution in [-0.4, -0.2) is 18.8 Å². The van der Waals surface area contributed by atoms with Crippen molar-refractivity contribution in [1.29, 1.82) is 0 Å². The van der Waals surface area contributed by atoms with Gasteiger partial charge in [-0.15, -0.1) is 0 Å². The average Bonchev–Trinajstić information content (AvgIpc) is 2.38. The van der Waals surface area contributed by atoms with Crippen LogP contribution in [0.15, 0.2) is 24.3 Å². The van der Waals surface area contributed by atoms with E-state index in [0.29, 0.717) is 0 Å². The molecule has 1 aromatic carbocycles. The fraction of sp³-hybridized carbons (Fsp3) is 0.429. The molecule has 0 fully saturated rings. The first-order valence-corrected chi connectivity index (χ1v) is 5.74. The van der Waals surface area contributed by atoms with Gasteiger partial charge in [0.15, 0.2) is 0 Å². The third-order valence-electron chi connectivity index (χ3n) is 1.99. The normalized spacial score (nSPS) is 8.41. The van der Waals surface area contributed by atoms with E-state index >= 15 is 0 Å². The molecular formula is C14H21NO2. The number of aliphatic hydroxyl groups excluding tert-OH is 1. The molecule has 0 aliphatic rings. The summed E-state index contributed by atoms with van der Waals surface area (Å²) in [6, 6.07) is 8.10. The van der Waals surface area contributed by atoms with E-state index < -0.39 is 0 Å². The third kappa shape index (κ3) is 8.18. The molecule has 1 aromatic rings. The van der Waals surface area contributed by atoms with Crippen molar-refractivity contribution in [2.45, 2.75) is 26.8 Å². The van der Waals surface area contributed by atoms with Crippen molar-refractivity contribution in [3.63, 3.8) is 0 Å². The van der Waals surface area contributed by atoms with Gasteiger partial charge in [0.1, 0.15) is 11.9 Å². The number of rotatable bonds is 4. The monoisotopic (exact) mass is 235 g/mol. The van der Waals surface area contributed by atoms with E-state index in [9.17, 15) is 0 Å². The summed E-state index contributed by atoms with van der Waals surface area (Å²) in [5.74, 6) is 3.33. The van der Waals surface area contributed by atoms with Crippen molar-refractivity contribution in [2.24, 2.45) is 0 Å². The molecule has 0 saturated heterocycles. The second kappa shape index (κ2) is 10.8. The van der Waals surface area contributed by atoms with Crippen LogP contribution >= 0.6 is 0 Å². The fourth-order valence-corrected chi connectivity index (χ4v) is 1.09. The SMILES string of the molecule is CCC#CO.CCNCc1ccc(OC)cc1. The van der Waals surface area contributed by atoms with E-state index in [0.717, 1.165) is 25.3 Å². The Bertz CT molecular complexity index is 335. The van der Waals surface area contributed by atoms with Crippen molar-refractivity contribution in [3.8, 4) is 17.8 Å². The van der Waals surface area contributed by atoms with Crippen molar-refractivity contribution in [3.05, 3.63) is 29.8 Å². The Kier molecular flexibility index (Phi) is 9.79. The molecule has 0 unspecified atom stereocenters. The van der Waals surface area contributed by atoms with Crippen LogP contribution < -0.4 is 10.1 Å². The molecule has 3 nitrogen and oxygen atoms in total. The summed E-state index contributed by atoms with van der Waals surface area (Å²) >= 11 is 0. The minimum atomic E-state index is 0.733. The van der Waals surface area contributed by atoms with E-state index in [2.05, 4.69) is 30.3 Å². The maximum absolute atomic E-state index is 7.71. The topological polar surface area (TPSA) is 41.5 Å². The van der Waals surface area contributed by atoms with Gasteiger partial charge in [-0.05, 0) is 24.2 Å². The first kappa shape index (κ1) is 15.3. The smallest absolute Gasteiger partial charge is 0.118 e. The number of aliphatic hydroxyl groups is 1. The molecule has 0 spiro atoms. The first-order chi connectivity index (χ1) is 8.28. The van der Waals surface area contributed by atoms with Crippen molar-refractivity contribution in [2.75, 3.05) is 13.7 Å². The molecule has 0 aromatic heterocycles. The summed E-state index contributed by atoms with van der Waals surface area (Å²) in [6.45, 7) is 5.92. The second-order valence-corrected chi connectivity index (χ2v) is 3.27. The Labute approximate surface area is 104 Å². The lowest BCUT2D eigenvalue weighted by molar-refractivity contribution is 0.414. The van der Waals surface area contributed by atoms with Gasteiger partial charge in [-0.3, -0.25) is 0 Å². The highest BCUT2D eigenvalue weighted by molar-refractivity contribution is 5.26. The van der Waals surface area contributed by atoms with E-state index in [1.807, 2.05) is 19.1 Å². The number of nitrogens with one attached hydrogen (secondary N) is 1. The van der Waals surface area contributed by atoms with E-state index in [-0.39, 0.29) is 0 Å². The van der Waals surface area contributed by atoms with Gasteiger partial charge in [-0.25, -0.2) is 0 Å². The van der Waals surface area contributed by atoms with Crippen LogP contribution in [0.2, 0.25) is 0 Å². The molecule has 0 amide bonds. The Morgan fingerprint density at radius 2 is 1.88 bits per heavy atom. The molecule has 2 N–H and O–H groups in total. The van der Waals surface area contributed by atoms with E-state index in [1.54, 1.807) is 13.2 Å². The van der Waals surface area contributed by atoms with E-state index in [1.165, 1.54) is 5.56 Å². The quantitative estimate of drug-likeness (QED) is 0.788. The molecule has 17 heavy (non-hydrogen) atoms. The zero-order valence-corrected chi connectivity index (χ0v) is 10.8. The Morgan fingerprint density at radius 3 is 2.24 bits per heavy atom. The first-order valence-electron chi connectivity index (χ1n) is 5.74. The summed E-state index contributed by atoms with van der Waals surface area (Å²) < 4.78 is 5.05. The summed E-state index contributed by atoms with van der Waals surface area (Å²) in [5, 5.41) is 11.0. The van der Waals surface area contributed by atoms with Crippen LogP contribution in [0.3, 0.4) is 0 Å². The third-order valence-corrected chi connectivity index (χ3v) is 1.99. The molecule has 94 valence electrons. The second-order valence-electron chi connectivity index (χ2n) is 3.27. The minimum Gasteiger partial charge on any atom is -0.497 e. The summed E-state index contributed by atoms with van der Waals surface area (Å²) in [4.78, 5) is 0. The van der Waals surface area contributed by atoms with Crippen LogP contribution in [-0.2, 0) is 6.54 Å². The van der Waals surface area contributed by atoms with Crippen LogP contribution in [0.1, 0.15) is 25.8 Å². The highest BCUT2D eigenvalue weighted by Crippen LogP contribution is 2.10. The summed E-state index contributed by atoms with van der Waals surface area (Å²) in [6.07, 6.45) is 2.50. The zero-order valence-electron chi connectivity index (χ0n) is 10.8. The molecule has 0 aliphatic heterocycles. The lowest BCUT2D eigenvalue weighted by Crippen LogP contribution is -2.11. The van der Waals surface area contributed by atoms with Crippen LogP contribution in [0, 0.1) is 12.0 Å². The zero-order chi connectivity index (χ0) is 12.9. The lowest BCUT2D eigenvalue weighted by atomic mass is 10.2. The maximum atomic E-state index is 7.71. The van der Waals surface area contributed by atoms with Crippen LogP contribution in [0.5, 0.6) is 5.75 Å². The van der Waals surface area contributed by atoms with Crippen LogP contribution in [0.4, 0.5) is 0 Å². The van der Waals surface area contributed by atoms with Gasteiger partial charge in [0.05, 0.1) is 7.11 Å². The lowest BCUT2D eigenvalue weighted by Gasteiger charge is -2.03. The van der Waals surface area contributed by atoms with Crippen LogP contribution in [0.25, 0.3) is 0 Å². The summed E-state index contributed by atoms with van der Waals surface area (Å²) in [7, 11) is 1.68. The highest BCUT2D eigenvalue weighted by atomic mass is 16.5.